The maximum Gasteiger partial charge on any atom is 0.255 e. The number of hydrogen-bond acceptors (Lipinski definition) is 4. The van der Waals surface area contributed by atoms with Gasteiger partial charge in [0, 0.05) is 0 Å². The molecule has 20 heavy (non-hydrogen) atoms. The van der Waals surface area contributed by atoms with Crippen LogP contribution in [0.2, 0.25) is 0 Å². The summed E-state index contributed by atoms with van der Waals surface area (Å²) in [4.78, 5) is 11.9. The third-order valence-corrected chi connectivity index (χ3v) is 3.53. The second-order valence-corrected chi connectivity index (χ2v) is 5.04. The first-order chi connectivity index (χ1) is 9.74. The van der Waals surface area contributed by atoms with Gasteiger partial charge in [0.2, 0.25) is 0 Å². The van der Waals surface area contributed by atoms with Crippen molar-refractivity contribution in [2.24, 2.45) is 0 Å². The van der Waals surface area contributed by atoms with Gasteiger partial charge in [-0.3, -0.25) is 4.79 Å². The average Bonchev–Trinajstić information content (AvgIpc) is 2.91. The van der Waals surface area contributed by atoms with Gasteiger partial charge in [-0.2, -0.15) is 0 Å². The predicted molar refractivity (Wildman–Crippen MR) is 75.1 cm³/mol. The monoisotopic (exact) mass is 337 g/mol. The van der Waals surface area contributed by atoms with Crippen LogP contribution in [0.5, 0.6) is 11.5 Å². The number of halogens is 1. The molecule has 1 N–H and O–H groups in total. The number of hydrogen-bond donors (Lipinski definition) is 1. The molecule has 1 atom stereocenters. The first kappa shape index (κ1) is 13.1. The van der Waals surface area contributed by atoms with Crippen molar-refractivity contribution in [1.29, 1.82) is 0 Å². The van der Waals surface area contributed by atoms with Gasteiger partial charge in [-0.15, -0.1) is 0 Å². The number of rotatable bonds is 3. The highest BCUT2D eigenvalue weighted by Gasteiger charge is 2.22. The Hall–Kier alpha value is -1.95. The van der Waals surface area contributed by atoms with E-state index < -0.39 is 0 Å². The minimum Gasteiger partial charge on any atom is -0.486 e. The molecule has 1 aliphatic heterocycles. The zero-order chi connectivity index (χ0) is 13.9. The van der Waals surface area contributed by atoms with Crippen LogP contribution in [-0.2, 0) is 0 Å². The Morgan fingerprint density at radius 2 is 2.10 bits per heavy atom. The normalized spacial score (nSPS) is 16.8. The van der Waals surface area contributed by atoms with E-state index in [4.69, 9.17) is 13.9 Å². The fraction of sp³-hybridized carbons (Fsp3) is 0.214. The molecule has 1 amide bonds. The number of carbonyl (C=O) groups is 1. The van der Waals surface area contributed by atoms with Crippen molar-refractivity contribution >= 4 is 21.8 Å². The number of furan rings is 1. The van der Waals surface area contributed by atoms with Crippen molar-refractivity contribution in [3.8, 4) is 11.5 Å². The molecule has 6 heteroatoms. The van der Waals surface area contributed by atoms with Crippen molar-refractivity contribution in [3.05, 3.63) is 46.8 Å². The van der Waals surface area contributed by atoms with Crippen molar-refractivity contribution in [2.45, 2.75) is 6.10 Å². The van der Waals surface area contributed by atoms with Crippen LogP contribution in [0.3, 0.4) is 0 Å². The van der Waals surface area contributed by atoms with Crippen LogP contribution in [0.4, 0.5) is 0 Å². The van der Waals surface area contributed by atoms with E-state index in [1.807, 2.05) is 24.3 Å². The number of carbonyl (C=O) groups excluding carboxylic acids is 1. The summed E-state index contributed by atoms with van der Waals surface area (Å²) in [7, 11) is 0. The highest BCUT2D eigenvalue weighted by atomic mass is 79.9. The van der Waals surface area contributed by atoms with Crippen molar-refractivity contribution in [1.82, 2.24) is 5.32 Å². The highest BCUT2D eigenvalue weighted by molar-refractivity contribution is 9.10. The van der Waals surface area contributed by atoms with Gasteiger partial charge in [-0.25, -0.2) is 0 Å². The number of para-hydroxylation sites is 2. The van der Waals surface area contributed by atoms with Crippen LogP contribution >= 0.6 is 15.9 Å². The third-order valence-electron chi connectivity index (χ3n) is 2.92. The van der Waals surface area contributed by atoms with Crippen LogP contribution < -0.4 is 14.8 Å². The molecular weight excluding hydrogens is 326 g/mol. The van der Waals surface area contributed by atoms with E-state index in [0.717, 1.165) is 5.75 Å². The molecule has 104 valence electrons. The number of fused-ring (bicyclic) bond motifs is 1. The summed E-state index contributed by atoms with van der Waals surface area (Å²) in [5.41, 5.74) is 0.460. The number of nitrogens with one attached hydrogen (secondary N) is 1. The standard InChI is InChI=1S/C14H12BrNO4/c15-13-10(5-6-18-13)14(17)16-7-9-8-19-11-3-1-2-4-12(11)20-9/h1-6,9H,7-8H2,(H,16,17). The molecule has 1 aliphatic rings. The van der Waals surface area contributed by atoms with Crippen molar-refractivity contribution in [2.75, 3.05) is 13.2 Å². The van der Waals surface area contributed by atoms with Crippen LogP contribution in [0, 0.1) is 0 Å². The van der Waals surface area contributed by atoms with E-state index in [1.165, 1.54) is 6.26 Å². The van der Waals surface area contributed by atoms with Gasteiger partial charge in [-0.05, 0) is 34.1 Å². The van der Waals surface area contributed by atoms with Gasteiger partial charge >= 0.3 is 0 Å². The van der Waals surface area contributed by atoms with E-state index in [1.54, 1.807) is 6.07 Å². The Morgan fingerprint density at radius 3 is 2.85 bits per heavy atom. The first-order valence-corrected chi connectivity index (χ1v) is 6.93. The molecule has 0 bridgehead atoms. The highest BCUT2D eigenvalue weighted by Crippen LogP contribution is 2.30. The Bertz CT molecular complexity index is 625. The summed E-state index contributed by atoms with van der Waals surface area (Å²) in [6.07, 6.45) is 1.25. The molecule has 0 fully saturated rings. The Kier molecular flexibility index (Phi) is 3.64. The summed E-state index contributed by atoms with van der Waals surface area (Å²) >= 11 is 3.17. The van der Waals surface area contributed by atoms with Crippen LogP contribution in [0.1, 0.15) is 10.4 Å². The molecule has 0 spiro atoms. The number of ether oxygens (including phenoxy) is 2. The fourth-order valence-electron chi connectivity index (χ4n) is 1.92. The van der Waals surface area contributed by atoms with E-state index in [0.29, 0.717) is 29.1 Å². The first-order valence-electron chi connectivity index (χ1n) is 6.13. The zero-order valence-corrected chi connectivity index (χ0v) is 12.1. The summed E-state index contributed by atoms with van der Waals surface area (Å²) in [6.45, 7) is 0.772. The van der Waals surface area contributed by atoms with Crippen LogP contribution in [-0.4, -0.2) is 25.2 Å². The van der Waals surface area contributed by atoms with E-state index in [9.17, 15) is 4.79 Å². The molecule has 3 rings (SSSR count). The minimum atomic E-state index is -0.215. The van der Waals surface area contributed by atoms with Crippen LogP contribution in [0.25, 0.3) is 0 Å². The Morgan fingerprint density at radius 1 is 1.30 bits per heavy atom. The molecule has 2 aromatic rings. The average molecular weight is 338 g/mol. The summed E-state index contributed by atoms with van der Waals surface area (Å²) in [5.74, 6) is 1.21. The molecule has 0 aliphatic carbocycles. The Labute approximate surface area is 124 Å². The lowest BCUT2D eigenvalue weighted by molar-refractivity contribution is 0.0788. The lowest BCUT2D eigenvalue weighted by atomic mass is 10.2. The molecule has 1 unspecified atom stereocenters. The lowest BCUT2D eigenvalue weighted by Crippen LogP contribution is -2.40. The van der Waals surface area contributed by atoms with Crippen LogP contribution in [0.15, 0.2) is 45.7 Å². The summed E-state index contributed by atoms with van der Waals surface area (Å²) in [5, 5.41) is 2.79. The topological polar surface area (TPSA) is 60.7 Å². The molecule has 2 heterocycles. The second kappa shape index (κ2) is 5.58. The Balaban J connectivity index is 1.58. The molecule has 5 nitrogen and oxygen atoms in total. The SMILES string of the molecule is O=C(NCC1COc2ccccc2O1)c1ccoc1Br. The molecule has 1 aromatic carbocycles. The fourth-order valence-corrected chi connectivity index (χ4v) is 2.34. The zero-order valence-electron chi connectivity index (χ0n) is 10.5. The molecule has 0 saturated heterocycles. The van der Waals surface area contributed by atoms with Crippen molar-refractivity contribution < 1.29 is 18.7 Å². The number of benzene rings is 1. The quantitative estimate of drug-likeness (QED) is 0.935. The van der Waals surface area contributed by atoms with Gasteiger partial charge in [0.1, 0.15) is 12.7 Å². The van der Waals surface area contributed by atoms with Gasteiger partial charge in [0.05, 0.1) is 18.4 Å². The predicted octanol–water partition coefficient (Wildman–Crippen LogP) is 2.61. The summed E-state index contributed by atoms with van der Waals surface area (Å²) < 4.78 is 16.8. The maximum absolute atomic E-state index is 11.9. The second-order valence-electron chi connectivity index (χ2n) is 4.32. The smallest absolute Gasteiger partial charge is 0.255 e. The van der Waals surface area contributed by atoms with E-state index >= 15 is 0 Å². The van der Waals surface area contributed by atoms with Gasteiger partial charge in [0.15, 0.2) is 16.2 Å². The minimum absolute atomic E-state index is 0.209. The van der Waals surface area contributed by atoms with Gasteiger partial charge < -0.3 is 19.2 Å². The van der Waals surface area contributed by atoms with E-state index in [2.05, 4.69) is 21.2 Å². The molecule has 0 radical (unpaired) electrons. The number of amides is 1. The maximum atomic E-state index is 11.9. The molecular formula is C14H12BrNO4. The largest absolute Gasteiger partial charge is 0.486 e. The van der Waals surface area contributed by atoms with Gasteiger partial charge in [-0.1, -0.05) is 12.1 Å². The summed E-state index contributed by atoms with van der Waals surface area (Å²) in [6, 6.07) is 9.07. The van der Waals surface area contributed by atoms with E-state index in [-0.39, 0.29) is 12.0 Å². The third kappa shape index (κ3) is 2.65. The molecule has 1 aromatic heterocycles. The lowest BCUT2D eigenvalue weighted by Gasteiger charge is -2.26. The molecule has 0 saturated carbocycles. The van der Waals surface area contributed by atoms with Crippen molar-refractivity contribution in [3.63, 3.8) is 0 Å². The van der Waals surface area contributed by atoms with Gasteiger partial charge in [0.25, 0.3) is 5.91 Å².